The third-order valence-corrected chi connectivity index (χ3v) is 8.00. The predicted molar refractivity (Wildman–Crippen MR) is 166 cm³/mol. The first kappa shape index (κ1) is 36.7. The van der Waals surface area contributed by atoms with E-state index in [9.17, 15) is 0 Å². The Bertz CT molecular complexity index is 466. The topological polar surface area (TPSA) is 75.8 Å². The summed E-state index contributed by atoms with van der Waals surface area (Å²) >= 11 is 0. The van der Waals surface area contributed by atoms with E-state index in [4.69, 9.17) is 14.2 Å². The maximum Gasteiger partial charge on any atom is 0.286 e. The van der Waals surface area contributed by atoms with Gasteiger partial charge in [0.1, 0.15) is 0 Å². The molecular formula is C32H68N4O3. The Morgan fingerprint density at radius 3 is 1.15 bits per heavy atom. The number of ether oxygens (including phenoxy) is 3. The molecule has 4 N–H and O–H groups in total. The number of nitrogens with one attached hydrogen (secondary N) is 4. The molecule has 234 valence electrons. The molecule has 7 heteroatoms. The SMILES string of the molecule is CNCCCCCCOC(OCCCCCCNC)(OCCCCCCNC)[C@@H]1CC1CCCCCCNC. The smallest absolute Gasteiger partial charge is 0.286 e. The molecule has 1 rings (SSSR count). The van der Waals surface area contributed by atoms with Crippen LogP contribution in [0.25, 0.3) is 0 Å². The summed E-state index contributed by atoms with van der Waals surface area (Å²) < 4.78 is 20.0. The van der Waals surface area contributed by atoms with Gasteiger partial charge in [-0.25, -0.2) is 0 Å². The van der Waals surface area contributed by atoms with Gasteiger partial charge < -0.3 is 35.5 Å². The minimum Gasteiger partial charge on any atom is -0.327 e. The molecular weight excluding hydrogens is 488 g/mol. The number of rotatable bonds is 32. The van der Waals surface area contributed by atoms with E-state index in [1.807, 2.05) is 28.2 Å². The fourth-order valence-electron chi connectivity index (χ4n) is 5.42. The van der Waals surface area contributed by atoms with Crippen molar-refractivity contribution in [3.63, 3.8) is 0 Å². The van der Waals surface area contributed by atoms with E-state index >= 15 is 0 Å². The van der Waals surface area contributed by atoms with Crippen molar-refractivity contribution in [2.24, 2.45) is 11.8 Å². The minimum atomic E-state index is -0.836. The lowest BCUT2D eigenvalue weighted by molar-refractivity contribution is -0.394. The second kappa shape index (κ2) is 26.6. The molecule has 2 atom stereocenters. The third kappa shape index (κ3) is 19.5. The van der Waals surface area contributed by atoms with Crippen LogP contribution in [0, 0.1) is 11.8 Å². The van der Waals surface area contributed by atoms with Crippen molar-refractivity contribution in [3.8, 4) is 0 Å². The van der Waals surface area contributed by atoms with Gasteiger partial charge in [-0.15, -0.1) is 0 Å². The zero-order valence-corrected chi connectivity index (χ0v) is 26.6. The summed E-state index contributed by atoms with van der Waals surface area (Å²) in [6.45, 7) is 6.62. The molecule has 1 aliphatic rings. The molecule has 0 heterocycles. The van der Waals surface area contributed by atoms with Gasteiger partial charge in [-0.3, -0.25) is 0 Å². The van der Waals surface area contributed by atoms with Crippen molar-refractivity contribution in [1.29, 1.82) is 0 Å². The zero-order valence-electron chi connectivity index (χ0n) is 26.6. The van der Waals surface area contributed by atoms with Crippen molar-refractivity contribution in [1.82, 2.24) is 21.3 Å². The largest absolute Gasteiger partial charge is 0.327 e. The summed E-state index contributed by atoms with van der Waals surface area (Å²) in [5.41, 5.74) is 0. The van der Waals surface area contributed by atoms with Gasteiger partial charge in [0.25, 0.3) is 5.97 Å². The molecule has 1 fully saturated rings. The summed E-state index contributed by atoms with van der Waals surface area (Å²) in [7, 11) is 8.13. The highest BCUT2D eigenvalue weighted by molar-refractivity contribution is 4.93. The number of hydrogen-bond donors (Lipinski definition) is 4. The maximum absolute atomic E-state index is 6.65. The van der Waals surface area contributed by atoms with Crippen LogP contribution in [0.2, 0.25) is 0 Å². The quantitative estimate of drug-likeness (QED) is 0.0613. The zero-order chi connectivity index (χ0) is 28.3. The van der Waals surface area contributed by atoms with Gasteiger partial charge in [-0.05, 0) is 118 Å². The molecule has 39 heavy (non-hydrogen) atoms. The Balaban J connectivity index is 2.65. The lowest BCUT2D eigenvalue weighted by atomic mass is 10.1. The van der Waals surface area contributed by atoms with Crippen LogP contribution in [-0.2, 0) is 14.2 Å². The van der Waals surface area contributed by atoms with Crippen LogP contribution < -0.4 is 21.3 Å². The van der Waals surface area contributed by atoms with Crippen LogP contribution in [-0.4, -0.2) is 80.2 Å². The summed E-state index contributed by atoms with van der Waals surface area (Å²) in [6.07, 6.45) is 22.0. The molecule has 1 unspecified atom stereocenters. The molecule has 0 saturated heterocycles. The summed E-state index contributed by atoms with van der Waals surface area (Å²) in [5.74, 6) is 0.224. The summed E-state index contributed by atoms with van der Waals surface area (Å²) in [4.78, 5) is 0. The number of hydrogen-bond acceptors (Lipinski definition) is 7. The van der Waals surface area contributed by atoms with Gasteiger partial charge in [-0.2, -0.15) is 0 Å². The van der Waals surface area contributed by atoms with E-state index in [0.717, 1.165) is 65.3 Å². The van der Waals surface area contributed by atoms with Crippen molar-refractivity contribution in [2.75, 3.05) is 74.2 Å². The monoisotopic (exact) mass is 557 g/mol. The Morgan fingerprint density at radius 1 is 0.462 bits per heavy atom. The van der Waals surface area contributed by atoms with Crippen molar-refractivity contribution < 1.29 is 14.2 Å². The Hall–Kier alpha value is -0.280. The fourth-order valence-corrected chi connectivity index (χ4v) is 5.42. The Kier molecular flexibility index (Phi) is 25.1. The molecule has 0 spiro atoms. The van der Waals surface area contributed by atoms with Crippen molar-refractivity contribution in [3.05, 3.63) is 0 Å². The molecule has 1 aliphatic carbocycles. The van der Waals surface area contributed by atoms with Gasteiger partial charge >= 0.3 is 0 Å². The Labute approximate surface area is 243 Å². The lowest BCUT2D eigenvalue weighted by Gasteiger charge is -2.34. The highest BCUT2D eigenvalue weighted by Gasteiger charge is 2.56. The van der Waals surface area contributed by atoms with E-state index in [0.29, 0.717) is 11.8 Å². The summed E-state index contributed by atoms with van der Waals surface area (Å²) in [5, 5.41) is 13.0. The normalized spacial score (nSPS) is 17.2. The average Bonchev–Trinajstić information content (AvgIpc) is 3.73. The first-order chi connectivity index (χ1) is 19.2. The summed E-state index contributed by atoms with van der Waals surface area (Å²) in [6, 6.07) is 0. The molecule has 0 radical (unpaired) electrons. The van der Waals surface area contributed by atoms with Crippen LogP contribution in [0.4, 0.5) is 0 Å². The van der Waals surface area contributed by atoms with Crippen LogP contribution in [0.3, 0.4) is 0 Å². The van der Waals surface area contributed by atoms with Crippen molar-refractivity contribution in [2.45, 2.75) is 122 Å². The van der Waals surface area contributed by atoms with Gasteiger partial charge in [0.05, 0.1) is 19.8 Å². The molecule has 0 aromatic carbocycles. The van der Waals surface area contributed by atoms with Crippen LogP contribution in [0.15, 0.2) is 0 Å². The molecule has 0 aromatic heterocycles. The first-order valence-electron chi connectivity index (χ1n) is 16.7. The molecule has 0 aliphatic heterocycles. The third-order valence-electron chi connectivity index (χ3n) is 8.00. The first-order valence-corrected chi connectivity index (χ1v) is 16.7. The standard InChI is InChI=1S/C32H68N4O3/c1-33-22-14-6-5-13-21-30-29-31(30)32(37-26-18-10-7-15-23-34-2,38-27-19-11-8-16-24-35-3)39-28-20-12-9-17-25-36-4/h30-31,33-36H,5-29H2,1-4H3/t30?,31-/m1/s1. The van der Waals surface area contributed by atoms with E-state index in [1.165, 1.54) is 96.3 Å². The van der Waals surface area contributed by atoms with E-state index in [1.54, 1.807) is 0 Å². The number of unbranched alkanes of at least 4 members (excludes halogenated alkanes) is 12. The van der Waals surface area contributed by atoms with Gasteiger partial charge in [0.15, 0.2) is 0 Å². The average molecular weight is 557 g/mol. The van der Waals surface area contributed by atoms with E-state index < -0.39 is 5.97 Å². The van der Waals surface area contributed by atoms with Gasteiger partial charge in [-0.1, -0.05) is 57.8 Å². The molecule has 0 amide bonds. The van der Waals surface area contributed by atoms with Crippen molar-refractivity contribution >= 4 is 0 Å². The van der Waals surface area contributed by atoms with E-state index in [2.05, 4.69) is 21.3 Å². The van der Waals surface area contributed by atoms with Crippen LogP contribution >= 0.6 is 0 Å². The van der Waals surface area contributed by atoms with Crippen LogP contribution in [0.1, 0.15) is 116 Å². The maximum atomic E-state index is 6.65. The Morgan fingerprint density at radius 2 is 0.795 bits per heavy atom. The highest BCUT2D eigenvalue weighted by Crippen LogP contribution is 2.52. The predicted octanol–water partition coefficient (Wildman–Crippen LogP) is 5.84. The van der Waals surface area contributed by atoms with Gasteiger partial charge in [0.2, 0.25) is 0 Å². The van der Waals surface area contributed by atoms with Crippen LogP contribution in [0.5, 0.6) is 0 Å². The second-order valence-electron chi connectivity index (χ2n) is 11.6. The molecule has 0 aromatic rings. The molecule has 7 nitrogen and oxygen atoms in total. The lowest BCUT2D eigenvalue weighted by Crippen LogP contribution is -2.43. The fraction of sp³-hybridized carbons (Fsp3) is 1.00. The molecule has 0 bridgehead atoms. The highest BCUT2D eigenvalue weighted by atomic mass is 16.9. The van der Waals surface area contributed by atoms with E-state index in [-0.39, 0.29) is 0 Å². The van der Waals surface area contributed by atoms with Gasteiger partial charge in [0, 0.05) is 5.92 Å². The second-order valence-corrected chi connectivity index (χ2v) is 11.6. The minimum absolute atomic E-state index is 0.382. The molecule has 1 saturated carbocycles.